The van der Waals surface area contributed by atoms with Crippen molar-refractivity contribution in [3.05, 3.63) is 73.1 Å². The van der Waals surface area contributed by atoms with E-state index in [1.54, 1.807) is 36.4 Å². The highest BCUT2D eigenvalue weighted by molar-refractivity contribution is 7.93. The number of aromatic nitrogens is 2. The zero-order valence-electron chi connectivity index (χ0n) is 13.3. The Morgan fingerprint density at radius 3 is 1.38 bits per heavy atom. The van der Waals surface area contributed by atoms with Gasteiger partial charge in [-0.1, -0.05) is 36.4 Å². The van der Waals surface area contributed by atoms with Gasteiger partial charge in [0.25, 0.3) is 20.0 Å². The molecule has 0 fully saturated rings. The Kier molecular flexibility index (Phi) is 4.87. The molecular formula is C16H14N4O4S2. The molecule has 2 N–H and O–H groups in total. The van der Waals surface area contributed by atoms with E-state index in [-0.39, 0.29) is 21.4 Å². The molecule has 8 nitrogen and oxygen atoms in total. The summed E-state index contributed by atoms with van der Waals surface area (Å²) in [6, 6.07) is 16.7. The first-order valence-electron chi connectivity index (χ1n) is 7.35. The number of nitrogens with zero attached hydrogens (tertiary/aromatic N) is 2. The number of benzene rings is 2. The van der Waals surface area contributed by atoms with Crippen molar-refractivity contribution in [3.8, 4) is 0 Å². The van der Waals surface area contributed by atoms with Gasteiger partial charge in [0.1, 0.15) is 18.0 Å². The van der Waals surface area contributed by atoms with E-state index in [0.717, 1.165) is 6.33 Å². The normalized spacial score (nSPS) is 11.7. The SMILES string of the molecule is O=S(=O)(Nc1cc(NS(=O)(=O)c2ccccc2)ncn1)c1ccccc1. The summed E-state index contributed by atoms with van der Waals surface area (Å²) in [7, 11) is -7.69. The van der Waals surface area contributed by atoms with Crippen LogP contribution in [0.3, 0.4) is 0 Å². The van der Waals surface area contributed by atoms with Crippen LogP contribution >= 0.6 is 0 Å². The predicted octanol–water partition coefficient (Wildman–Crippen LogP) is 2.08. The Balaban J connectivity index is 1.83. The van der Waals surface area contributed by atoms with Gasteiger partial charge in [-0.15, -0.1) is 0 Å². The average molecular weight is 390 g/mol. The highest BCUT2D eigenvalue weighted by Gasteiger charge is 2.17. The molecule has 3 rings (SSSR count). The largest absolute Gasteiger partial charge is 0.263 e. The molecule has 26 heavy (non-hydrogen) atoms. The lowest BCUT2D eigenvalue weighted by atomic mass is 10.4. The number of hydrogen-bond acceptors (Lipinski definition) is 6. The summed E-state index contributed by atoms with van der Waals surface area (Å²) < 4.78 is 53.8. The Hall–Kier alpha value is -2.98. The maximum atomic E-state index is 12.3. The average Bonchev–Trinajstić information content (AvgIpc) is 2.63. The van der Waals surface area contributed by atoms with E-state index >= 15 is 0 Å². The first-order chi connectivity index (χ1) is 12.4. The van der Waals surface area contributed by atoms with Crippen LogP contribution in [0.1, 0.15) is 0 Å². The molecule has 10 heteroatoms. The molecule has 1 aromatic heterocycles. The molecule has 0 aliphatic heterocycles. The lowest BCUT2D eigenvalue weighted by Crippen LogP contribution is -2.16. The van der Waals surface area contributed by atoms with Gasteiger partial charge in [0.2, 0.25) is 0 Å². The van der Waals surface area contributed by atoms with E-state index in [0.29, 0.717) is 0 Å². The molecule has 0 bridgehead atoms. The van der Waals surface area contributed by atoms with Gasteiger partial charge in [0.05, 0.1) is 9.79 Å². The first-order valence-corrected chi connectivity index (χ1v) is 10.3. The zero-order chi connectivity index (χ0) is 18.6. The van der Waals surface area contributed by atoms with E-state index in [4.69, 9.17) is 0 Å². The van der Waals surface area contributed by atoms with Crippen molar-refractivity contribution in [1.82, 2.24) is 9.97 Å². The quantitative estimate of drug-likeness (QED) is 0.665. The summed E-state index contributed by atoms with van der Waals surface area (Å²) >= 11 is 0. The molecule has 2 aromatic carbocycles. The molecule has 0 unspecified atom stereocenters. The molecule has 0 saturated heterocycles. The van der Waals surface area contributed by atoms with Crippen LogP contribution in [0.25, 0.3) is 0 Å². The second-order valence-electron chi connectivity index (χ2n) is 5.13. The molecule has 1 heterocycles. The number of sulfonamides is 2. The lowest BCUT2D eigenvalue weighted by molar-refractivity contribution is 0.599. The van der Waals surface area contributed by atoms with Crippen molar-refractivity contribution in [3.63, 3.8) is 0 Å². The van der Waals surface area contributed by atoms with Crippen molar-refractivity contribution in [2.75, 3.05) is 9.44 Å². The van der Waals surface area contributed by atoms with Crippen LogP contribution in [0, 0.1) is 0 Å². The number of anilines is 2. The summed E-state index contributed by atoms with van der Waals surface area (Å²) in [4.78, 5) is 7.75. The Morgan fingerprint density at radius 1 is 0.615 bits per heavy atom. The minimum atomic E-state index is -3.84. The highest BCUT2D eigenvalue weighted by Crippen LogP contribution is 2.18. The maximum Gasteiger partial charge on any atom is 0.263 e. The van der Waals surface area contributed by atoms with Crippen molar-refractivity contribution in [2.24, 2.45) is 0 Å². The fourth-order valence-electron chi connectivity index (χ4n) is 2.06. The van der Waals surface area contributed by atoms with Gasteiger partial charge in [-0.25, -0.2) is 26.8 Å². The van der Waals surface area contributed by atoms with E-state index in [9.17, 15) is 16.8 Å². The summed E-state index contributed by atoms with van der Waals surface area (Å²) in [5.41, 5.74) is 0. The van der Waals surface area contributed by atoms with Crippen LogP contribution in [-0.4, -0.2) is 26.8 Å². The lowest BCUT2D eigenvalue weighted by Gasteiger charge is -2.10. The van der Waals surface area contributed by atoms with Crippen molar-refractivity contribution < 1.29 is 16.8 Å². The minimum Gasteiger partial charge on any atom is -0.263 e. The Morgan fingerprint density at radius 2 is 1.00 bits per heavy atom. The predicted molar refractivity (Wildman–Crippen MR) is 96.5 cm³/mol. The molecule has 0 aliphatic rings. The molecular weight excluding hydrogens is 376 g/mol. The third kappa shape index (κ3) is 4.16. The van der Waals surface area contributed by atoms with E-state index < -0.39 is 20.0 Å². The van der Waals surface area contributed by atoms with Gasteiger partial charge >= 0.3 is 0 Å². The van der Waals surface area contributed by atoms with Crippen LogP contribution in [0.5, 0.6) is 0 Å². The molecule has 0 spiro atoms. The standard InChI is InChI=1S/C16H14N4O4S2/c21-25(22,13-7-3-1-4-8-13)19-15-11-16(18-12-17-15)20-26(23,24)14-9-5-2-6-10-14/h1-12H,(H2,17,18,19,20). The van der Waals surface area contributed by atoms with Crippen LogP contribution in [0.15, 0.2) is 82.8 Å². The topological polar surface area (TPSA) is 118 Å². The minimum absolute atomic E-state index is 0.0602. The van der Waals surface area contributed by atoms with Gasteiger partial charge in [0, 0.05) is 6.07 Å². The van der Waals surface area contributed by atoms with E-state index in [1.165, 1.54) is 30.3 Å². The van der Waals surface area contributed by atoms with Gasteiger partial charge in [-0.3, -0.25) is 9.44 Å². The molecule has 134 valence electrons. The van der Waals surface area contributed by atoms with Gasteiger partial charge in [-0.05, 0) is 24.3 Å². The van der Waals surface area contributed by atoms with Crippen LogP contribution in [0.4, 0.5) is 11.6 Å². The van der Waals surface area contributed by atoms with Gasteiger partial charge < -0.3 is 0 Å². The monoisotopic (exact) mass is 390 g/mol. The summed E-state index contributed by atoms with van der Waals surface area (Å²) in [5.74, 6) is -0.121. The molecule has 0 aliphatic carbocycles. The second kappa shape index (κ2) is 7.10. The first kappa shape index (κ1) is 17.8. The van der Waals surface area contributed by atoms with Crippen molar-refractivity contribution >= 4 is 31.7 Å². The zero-order valence-corrected chi connectivity index (χ0v) is 14.9. The fraction of sp³-hybridized carbons (Fsp3) is 0. The van der Waals surface area contributed by atoms with Crippen LogP contribution in [-0.2, 0) is 20.0 Å². The van der Waals surface area contributed by atoms with E-state index in [1.807, 2.05) is 0 Å². The van der Waals surface area contributed by atoms with E-state index in [2.05, 4.69) is 19.4 Å². The Labute approximate surface area is 151 Å². The highest BCUT2D eigenvalue weighted by atomic mass is 32.2. The van der Waals surface area contributed by atoms with Crippen molar-refractivity contribution in [1.29, 1.82) is 0 Å². The second-order valence-corrected chi connectivity index (χ2v) is 8.49. The Bertz CT molecular complexity index is 1020. The number of hydrogen-bond donors (Lipinski definition) is 2. The van der Waals surface area contributed by atoms with Crippen molar-refractivity contribution in [2.45, 2.75) is 9.79 Å². The maximum absolute atomic E-state index is 12.3. The van der Waals surface area contributed by atoms with Crippen LogP contribution in [0.2, 0.25) is 0 Å². The summed E-state index contributed by atoms with van der Waals surface area (Å²) in [6.45, 7) is 0. The summed E-state index contributed by atoms with van der Waals surface area (Å²) in [5, 5.41) is 0. The molecule has 3 aromatic rings. The molecule has 0 saturated carbocycles. The molecule has 0 amide bonds. The fourth-order valence-corrected chi connectivity index (χ4v) is 4.10. The third-order valence-electron chi connectivity index (χ3n) is 3.25. The number of nitrogens with one attached hydrogen (secondary N) is 2. The third-order valence-corrected chi connectivity index (χ3v) is 5.99. The number of rotatable bonds is 6. The molecule has 0 atom stereocenters. The van der Waals surface area contributed by atoms with Gasteiger partial charge in [0.15, 0.2) is 0 Å². The van der Waals surface area contributed by atoms with Gasteiger partial charge in [-0.2, -0.15) is 0 Å². The smallest absolute Gasteiger partial charge is 0.263 e. The summed E-state index contributed by atoms with van der Waals surface area (Å²) in [6.07, 6.45) is 1.06. The van der Waals surface area contributed by atoms with Crippen LogP contribution < -0.4 is 9.44 Å². The molecule has 0 radical (unpaired) electrons.